The van der Waals surface area contributed by atoms with Crippen LogP contribution < -0.4 is 10.6 Å². The third-order valence-corrected chi connectivity index (χ3v) is 2.33. The smallest absolute Gasteiger partial charge is 0.319 e. The fraction of sp³-hybridized carbons (Fsp3) is 0.500. The number of hydrogen-bond acceptors (Lipinski definition) is 3. The second kappa shape index (κ2) is 6.85. The minimum absolute atomic E-state index is 0.0464. The lowest BCUT2D eigenvalue weighted by Crippen LogP contribution is -2.36. The highest BCUT2D eigenvalue weighted by Crippen LogP contribution is 2.06. The van der Waals surface area contributed by atoms with Gasteiger partial charge in [0.25, 0.3) is 0 Å². The summed E-state index contributed by atoms with van der Waals surface area (Å²) in [5.74, 6) is 0. The van der Waals surface area contributed by atoms with Crippen molar-refractivity contribution in [3.05, 3.63) is 24.0 Å². The van der Waals surface area contributed by atoms with E-state index in [0.717, 1.165) is 17.8 Å². The van der Waals surface area contributed by atoms with Gasteiger partial charge in [0, 0.05) is 30.2 Å². The summed E-state index contributed by atoms with van der Waals surface area (Å²) in [5, 5.41) is 14.2. The molecule has 0 bridgehead atoms. The summed E-state index contributed by atoms with van der Waals surface area (Å²) in [6, 6.07) is 3.36. The van der Waals surface area contributed by atoms with Crippen molar-refractivity contribution in [2.45, 2.75) is 32.7 Å². The van der Waals surface area contributed by atoms with Crippen LogP contribution >= 0.6 is 0 Å². The number of carbonyl (C=O) groups is 1. The highest BCUT2D eigenvalue weighted by molar-refractivity contribution is 5.89. The van der Waals surface area contributed by atoms with E-state index in [4.69, 9.17) is 5.11 Å². The summed E-state index contributed by atoms with van der Waals surface area (Å²) in [5.41, 5.74) is 1.58. The number of amides is 2. The number of nitrogens with one attached hydrogen (secondary N) is 2. The van der Waals surface area contributed by atoms with Crippen molar-refractivity contribution in [2.75, 3.05) is 11.9 Å². The van der Waals surface area contributed by atoms with Gasteiger partial charge in [0.1, 0.15) is 0 Å². The fourth-order valence-electron chi connectivity index (χ4n) is 1.48. The number of aromatic nitrogens is 1. The van der Waals surface area contributed by atoms with Gasteiger partial charge in [-0.15, -0.1) is 0 Å². The molecular weight excluding hydrogens is 218 g/mol. The minimum Gasteiger partial charge on any atom is -0.396 e. The summed E-state index contributed by atoms with van der Waals surface area (Å²) in [6.07, 6.45) is 3.11. The van der Waals surface area contributed by atoms with Gasteiger partial charge in [-0.25, -0.2) is 4.79 Å². The Balaban J connectivity index is 2.39. The first-order valence-corrected chi connectivity index (χ1v) is 5.73. The van der Waals surface area contributed by atoms with Crippen LogP contribution in [0.1, 0.15) is 25.5 Å². The van der Waals surface area contributed by atoms with E-state index in [1.165, 1.54) is 0 Å². The molecule has 0 saturated carbocycles. The molecule has 0 aromatic carbocycles. The number of urea groups is 1. The van der Waals surface area contributed by atoms with Crippen molar-refractivity contribution in [3.8, 4) is 0 Å². The number of aryl methyl sites for hydroxylation is 1. The Kier molecular flexibility index (Phi) is 5.42. The molecule has 3 N–H and O–H groups in total. The molecule has 0 aliphatic carbocycles. The molecule has 1 heterocycles. The number of anilines is 1. The zero-order valence-corrected chi connectivity index (χ0v) is 10.2. The predicted octanol–water partition coefficient (Wildman–Crippen LogP) is 1.67. The molecule has 0 spiro atoms. The minimum atomic E-state index is -0.235. The fourth-order valence-corrected chi connectivity index (χ4v) is 1.48. The van der Waals surface area contributed by atoms with E-state index >= 15 is 0 Å². The molecule has 0 fully saturated rings. The third kappa shape index (κ3) is 5.31. The summed E-state index contributed by atoms with van der Waals surface area (Å²) >= 11 is 0. The molecule has 1 atom stereocenters. The van der Waals surface area contributed by atoms with Gasteiger partial charge >= 0.3 is 6.03 Å². The first-order valence-electron chi connectivity index (χ1n) is 5.73. The average Bonchev–Trinajstić information content (AvgIpc) is 2.26. The number of nitrogens with zero attached hydrogens (tertiary/aromatic N) is 1. The molecule has 0 radical (unpaired) electrons. The van der Waals surface area contributed by atoms with E-state index in [1.807, 2.05) is 13.8 Å². The molecule has 0 aliphatic rings. The van der Waals surface area contributed by atoms with Crippen molar-refractivity contribution in [3.63, 3.8) is 0 Å². The first kappa shape index (κ1) is 13.4. The van der Waals surface area contributed by atoms with Gasteiger partial charge in [-0.1, -0.05) is 0 Å². The summed E-state index contributed by atoms with van der Waals surface area (Å²) < 4.78 is 0. The SMILES string of the molecule is Cc1cc(NC(=O)NC(C)CCCO)ccn1. The standard InChI is InChI=1S/C12H19N3O2/c1-9(4-3-7-16)14-12(17)15-11-5-6-13-10(2)8-11/h5-6,8-9,16H,3-4,7H2,1-2H3,(H2,13,14,15,17). The Labute approximate surface area is 101 Å². The molecule has 5 heteroatoms. The van der Waals surface area contributed by atoms with Gasteiger partial charge in [0.2, 0.25) is 0 Å². The second-order valence-corrected chi connectivity index (χ2v) is 4.05. The van der Waals surface area contributed by atoms with E-state index in [0.29, 0.717) is 6.42 Å². The zero-order valence-electron chi connectivity index (χ0n) is 10.2. The quantitative estimate of drug-likeness (QED) is 0.729. The molecule has 1 aromatic heterocycles. The molecule has 1 rings (SSSR count). The van der Waals surface area contributed by atoms with E-state index < -0.39 is 0 Å². The number of aliphatic hydroxyl groups is 1. The highest BCUT2D eigenvalue weighted by Gasteiger charge is 2.06. The summed E-state index contributed by atoms with van der Waals surface area (Å²) in [6.45, 7) is 3.93. The number of pyridine rings is 1. The maximum absolute atomic E-state index is 11.6. The second-order valence-electron chi connectivity index (χ2n) is 4.05. The average molecular weight is 237 g/mol. The topological polar surface area (TPSA) is 74.2 Å². The van der Waals surface area contributed by atoms with Crippen LogP contribution in [0.15, 0.2) is 18.3 Å². The van der Waals surface area contributed by atoms with Crippen molar-refractivity contribution in [1.29, 1.82) is 0 Å². The Morgan fingerprint density at radius 3 is 3.00 bits per heavy atom. The molecule has 0 saturated heterocycles. The lowest BCUT2D eigenvalue weighted by Gasteiger charge is -2.14. The molecule has 94 valence electrons. The third-order valence-electron chi connectivity index (χ3n) is 2.33. The lowest BCUT2D eigenvalue weighted by molar-refractivity contribution is 0.245. The van der Waals surface area contributed by atoms with Gasteiger partial charge in [-0.3, -0.25) is 4.98 Å². The van der Waals surface area contributed by atoms with E-state index in [2.05, 4.69) is 15.6 Å². The van der Waals surface area contributed by atoms with Crippen LogP contribution in [0.3, 0.4) is 0 Å². The van der Waals surface area contributed by atoms with Gasteiger partial charge < -0.3 is 15.7 Å². The van der Waals surface area contributed by atoms with Gasteiger partial charge in [0.15, 0.2) is 0 Å². The number of rotatable bonds is 5. The van der Waals surface area contributed by atoms with Crippen molar-refractivity contribution in [2.24, 2.45) is 0 Å². The van der Waals surface area contributed by atoms with Crippen LogP contribution in [0.5, 0.6) is 0 Å². The Morgan fingerprint density at radius 1 is 1.59 bits per heavy atom. The summed E-state index contributed by atoms with van der Waals surface area (Å²) in [4.78, 5) is 15.6. The molecular formula is C12H19N3O2. The number of hydrogen-bond donors (Lipinski definition) is 3. The van der Waals surface area contributed by atoms with Crippen molar-refractivity contribution in [1.82, 2.24) is 10.3 Å². The van der Waals surface area contributed by atoms with E-state index in [1.54, 1.807) is 18.3 Å². The largest absolute Gasteiger partial charge is 0.396 e. The van der Waals surface area contributed by atoms with Gasteiger partial charge in [0.05, 0.1) is 0 Å². The van der Waals surface area contributed by atoms with Gasteiger partial charge in [-0.05, 0) is 38.8 Å². The Hall–Kier alpha value is -1.62. The maximum atomic E-state index is 11.6. The maximum Gasteiger partial charge on any atom is 0.319 e. The molecule has 5 nitrogen and oxygen atoms in total. The van der Waals surface area contributed by atoms with E-state index in [-0.39, 0.29) is 18.7 Å². The van der Waals surface area contributed by atoms with Crippen LogP contribution in [-0.4, -0.2) is 28.8 Å². The number of aliphatic hydroxyl groups excluding tert-OH is 1. The van der Waals surface area contributed by atoms with Crippen LogP contribution in [0.2, 0.25) is 0 Å². The first-order chi connectivity index (χ1) is 8.11. The van der Waals surface area contributed by atoms with Crippen LogP contribution in [0.25, 0.3) is 0 Å². The van der Waals surface area contributed by atoms with Gasteiger partial charge in [-0.2, -0.15) is 0 Å². The van der Waals surface area contributed by atoms with Crippen molar-refractivity contribution >= 4 is 11.7 Å². The van der Waals surface area contributed by atoms with Crippen molar-refractivity contribution < 1.29 is 9.90 Å². The highest BCUT2D eigenvalue weighted by atomic mass is 16.3. The monoisotopic (exact) mass is 237 g/mol. The number of carbonyl (C=O) groups excluding carboxylic acids is 1. The molecule has 1 aromatic rings. The van der Waals surface area contributed by atoms with Crippen LogP contribution in [-0.2, 0) is 0 Å². The lowest BCUT2D eigenvalue weighted by atomic mass is 10.2. The normalized spacial score (nSPS) is 11.9. The molecule has 0 aliphatic heterocycles. The zero-order chi connectivity index (χ0) is 12.7. The molecule has 17 heavy (non-hydrogen) atoms. The summed E-state index contributed by atoms with van der Waals surface area (Å²) in [7, 11) is 0. The molecule has 2 amide bonds. The Morgan fingerprint density at radius 2 is 2.35 bits per heavy atom. The van der Waals surface area contributed by atoms with Crippen LogP contribution in [0, 0.1) is 6.92 Å². The predicted molar refractivity (Wildman–Crippen MR) is 66.9 cm³/mol. The van der Waals surface area contributed by atoms with Crippen LogP contribution in [0.4, 0.5) is 10.5 Å². The van der Waals surface area contributed by atoms with E-state index in [9.17, 15) is 4.79 Å². The molecule has 1 unspecified atom stereocenters. The Bertz CT molecular complexity index is 369.